The van der Waals surface area contributed by atoms with Gasteiger partial charge >= 0.3 is 0 Å². The van der Waals surface area contributed by atoms with Crippen molar-refractivity contribution < 1.29 is 0 Å². The summed E-state index contributed by atoms with van der Waals surface area (Å²) in [6.45, 7) is 20.2. The molecule has 152 valence electrons. The molecule has 1 unspecified atom stereocenters. The SMILES string of the molecule is CCN(C=S)CC.CCSC.CP(C)C(CC(C)(C)C)c1ccccc1. The fraction of sp³-hybridized carbons (Fsp3) is 0.682. The van der Waals surface area contributed by atoms with E-state index in [4.69, 9.17) is 0 Å². The number of rotatable bonds is 7. The van der Waals surface area contributed by atoms with E-state index in [1.54, 1.807) is 5.49 Å². The molecular weight excluding hydrogens is 373 g/mol. The summed E-state index contributed by atoms with van der Waals surface area (Å²) in [5, 5.41) is 0. The normalized spacial score (nSPS) is 11.6. The zero-order valence-electron chi connectivity index (χ0n) is 18.6. The molecule has 1 rings (SSSR count). The second kappa shape index (κ2) is 17.0. The summed E-state index contributed by atoms with van der Waals surface area (Å²) in [4.78, 5) is 2.06. The van der Waals surface area contributed by atoms with Gasteiger partial charge < -0.3 is 4.90 Å². The van der Waals surface area contributed by atoms with Crippen LogP contribution < -0.4 is 0 Å². The lowest BCUT2D eigenvalue weighted by Crippen LogP contribution is -2.18. The van der Waals surface area contributed by atoms with E-state index >= 15 is 0 Å². The average Bonchev–Trinajstić information content (AvgIpc) is 2.62. The molecule has 0 N–H and O–H groups in total. The van der Waals surface area contributed by atoms with E-state index in [-0.39, 0.29) is 7.92 Å². The summed E-state index contributed by atoms with van der Waals surface area (Å²) in [7, 11) is 0.0955. The molecule has 1 atom stereocenters. The molecule has 0 saturated heterocycles. The highest BCUT2D eigenvalue weighted by molar-refractivity contribution is 7.98. The summed E-state index contributed by atoms with van der Waals surface area (Å²) < 4.78 is 0. The number of nitrogens with zero attached hydrogens (tertiary/aromatic N) is 1. The predicted molar refractivity (Wildman–Crippen MR) is 133 cm³/mol. The van der Waals surface area contributed by atoms with Crippen molar-refractivity contribution in [2.24, 2.45) is 5.41 Å². The molecule has 4 heteroatoms. The van der Waals surface area contributed by atoms with Crippen LogP contribution in [-0.2, 0) is 0 Å². The lowest BCUT2D eigenvalue weighted by atomic mass is 9.88. The van der Waals surface area contributed by atoms with Gasteiger partial charge in [-0.3, -0.25) is 0 Å². The molecule has 0 saturated carbocycles. The maximum atomic E-state index is 4.67. The summed E-state index contributed by atoms with van der Waals surface area (Å²) in [6.07, 6.45) is 3.38. The van der Waals surface area contributed by atoms with Crippen molar-refractivity contribution in [1.29, 1.82) is 0 Å². The Morgan fingerprint density at radius 2 is 1.54 bits per heavy atom. The Hall–Kier alpha value is -0.110. The lowest BCUT2D eigenvalue weighted by molar-refractivity contribution is 0.373. The second-order valence-corrected chi connectivity index (χ2v) is 11.5. The largest absolute Gasteiger partial charge is 0.369 e. The zero-order valence-corrected chi connectivity index (χ0v) is 21.1. The number of hydrogen-bond donors (Lipinski definition) is 0. The molecule has 0 fully saturated rings. The molecule has 0 aliphatic rings. The third-order valence-electron chi connectivity index (χ3n) is 3.86. The van der Waals surface area contributed by atoms with E-state index in [1.165, 1.54) is 17.7 Å². The molecule has 0 aromatic heterocycles. The summed E-state index contributed by atoms with van der Waals surface area (Å²) >= 11 is 6.53. The maximum absolute atomic E-state index is 4.67. The standard InChI is InChI=1S/C14H23P.C5H11NS.C3H8S/c1-14(2,3)11-13(15(4)5)12-9-7-6-8-10-12;1-3-6(4-2)5-7;1-3-4-2/h6-10,13H,11H2,1-5H3;5H,3-4H2,1-2H3;3H2,1-2H3. The molecule has 1 nitrogen and oxygen atoms in total. The van der Waals surface area contributed by atoms with E-state index in [0.29, 0.717) is 5.41 Å². The molecule has 0 amide bonds. The van der Waals surface area contributed by atoms with Crippen LogP contribution in [0.5, 0.6) is 0 Å². The van der Waals surface area contributed by atoms with Crippen LogP contribution in [0, 0.1) is 5.41 Å². The molecular formula is C22H42NPS2. The van der Waals surface area contributed by atoms with Crippen molar-refractivity contribution >= 4 is 37.4 Å². The van der Waals surface area contributed by atoms with Crippen molar-refractivity contribution in [1.82, 2.24) is 4.90 Å². The Morgan fingerprint density at radius 1 is 1.08 bits per heavy atom. The Bertz CT molecular complexity index is 424. The first-order chi connectivity index (χ1) is 12.2. The van der Waals surface area contributed by atoms with Crippen LogP contribution in [0.4, 0.5) is 0 Å². The molecule has 0 spiro atoms. The molecule has 1 aromatic carbocycles. The van der Waals surface area contributed by atoms with E-state index in [2.05, 4.69) is 109 Å². The lowest BCUT2D eigenvalue weighted by Gasteiger charge is -2.29. The molecule has 0 aliphatic carbocycles. The summed E-state index contributed by atoms with van der Waals surface area (Å²) in [5.74, 6) is 1.24. The van der Waals surface area contributed by atoms with Gasteiger partial charge in [0.05, 0.1) is 5.49 Å². The van der Waals surface area contributed by atoms with Gasteiger partial charge in [0.2, 0.25) is 0 Å². The molecule has 0 aliphatic heterocycles. The van der Waals surface area contributed by atoms with Gasteiger partial charge in [-0.25, -0.2) is 0 Å². The predicted octanol–water partition coefficient (Wildman–Crippen LogP) is 7.56. The minimum Gasteiger partial charge on any atom is -0.369 e. The average molecular weight is 416 g/mol. The Kier molecular flexibility index (Phi) is 18.4. The molecule has 0 heterocycles. The first kappa shape index (κ1) is 28.1. The van der Waals surface area contributed by atoms with Gasteiger partial charge in [-0.05, 0) is 56.6 Å². The third kappa shape index (κ3) is 16.1. The Labute approximate surface area is 175 Å². The van der Waals surface area contributed by atoms with E-state index in [0.717, 1.165) is 18.7 Å². The van der Waals surface area contributed by atoms with Crippen molar-refractivity contribution in [3.63, 3.8) is 0 Å². The molecule has 26 heavy (non-hydrogen) atoms. The van der Waals surface area contributed by atoms with Gasteiger partial charge in [0.25, 0.3) is 0 Å². The number of hydrogen-bond acceptors (Lipinski definition) is 2. The highest BCUT2D eigenvalue weighted by atomic mass is 32.2. The van der Waals surface area contributed by atoms with Crippen LogP contribution in [0.2, 0.25) is 0 Å². The van der Waals surface area contributed by atoms with Crippen LogP contribution in [0.25, 0.3) is 0 Å². The fourth-order valence-electron chi connectivity index (χ4n) is 2.23. The van der Waals surface area contributed by atoms with Crippen LogP contribution >= 0.6 is 31.9 Å². The number of thiocarbonyl (C=S) groups is 1. The Morgan fingerprint density at radius 3 is 1.77 bits per heavy atom. The van der Waals surface area contributed by atoms with Crippen molar-refractivity contribution in [2.75, 3.05) is 38.4 Å². The van der Waals surface area contributed by atoms with Gasteiger partial charge in [-0.15, -0.1) is 7.92 Å². The molecule has 0 radical (unpaired) electrons. The minimum atomic E-state index is 0.0955. The summed E-state index contributed by atoms with van der Waals surface area (Å²) in [5.41, 5.74) is 4.39. The van der Waals surface area contributed by atoms with Crippen LogP contribution in [0.1, 0.15) is 59.2 Å². The molecule has 1 aromatic rings. The first-order valence-corrected chi connectivity index (χ1v) is 13.7. The number of thioether (sulfide) groups is 1. The smallest absolute Gasteiger partial charge is 0.0640 e. The van der Waals surface area contributed by atoms with Crippen molar-refractivity contribution in [3.8, 4) is 0 Å². The monoisotopic (exact) mass is 415 g/mol. The van der Waals surface area contributed by atoms with Gasteiger partial charge in [-0.1, -0.05) is 70.2 Å². The fourth-order valence-corrected chi connectivity index (χ4v) is 4.21. The summed E-state index contributed by atoms with van der Waals surface area (Å²) in [6, 6.07) is 11.0. The zero-order chi connectivity index (χ0) is 20.6. The van der Waals surface area contributed by atoms with Crippen molar-refractivity contribution in [2.45, 2.75) is 53.6 Å². The highest BCUT2D eigenvalue weighted by Crippen LogP contribution is 2.50. The van der Waals surface area contributed by atoms with Gasteiger partial charge in [0.1, 0.15) is 0 Å². The van der Waals surface area contributed by atoms with Crippen LogP contribution in [0.3, 0.4) is 0 Å². The first-order valence-electron chi connectivity index (χ1n) is 9.56. The van der Waals surface area contributed by atoms with E-state index < -0.39 is 0 Å². The van der Waals surface area contributed by atoms with E-state index in [1.807, 2.05) is 11.8 Å². The number of benzene rings is 1. The third-order valence-corrected chi connectivity index (χ3v) is 6.47. The molecule has 0 bridgehead atoms. The van der Waals surface area contributed by atoms with Crippen LogP contribution in [-0.4, -0.2) is 48.8 Å². The van der Waals surface area contributed by atoms with Gasteiger partial charge in [0.15, 0.2) is 0 Å². The van der Waals surface area contributed by atoms with Gasteiger partial charge in [-0.2, -0.15) is 11.8 Å². The van der Waals surface area contributed by atoms with E-state index in [9.17, 15) is 0 Å². The second-order valence-electron chi connectivity index (χ2n) is 7.56. The quantitative estimate of drug-likeness (QED) is 0.334. The maximum Gasteiger partial charge on any atom is 0.0640 e. The minimum absolute atomic E-state index is 0.0955. The highest BCUT2D eigenvalue weighted by Gasteiger charge is 2.22. The van der Waals surface area contributed by atoms with Crippen LogP contribution in [0.15, 0.2) is 30.3 Å². The Balaban J connectivity index is 0. The van der Waals surface area contributed by atoms with Crippen molar-refractivity contribution in [3.05, 3.63) is 35.9 Å². The van der Waals surface area contributed by atoms with Gasteiger partial charge in [0, 0.05) is 18.7 Å². The topological polar surface area (TPSA) is 3.24 Å².